The van der Waals surface area contributed by atoms with Crippen molar-refractivity contribution in [1.29, 1.82) is 0 Å². The van der Waals surface area contributed by atoms with Crippen molar-refractivity contribution in [2.75, 3.05) is 19.7 Å². The predicted octanol–water partition coefficient (Wildman–Crippen LogP) is -0.00190. The average molecular weight is 125 g/mol. The Morgan fingerprint density at radius 2 is 2.44 bits per heavy atom. The highest BCUT2D eigenvalue weighted by molar-refractivity contribution is 4.93. The summed E-state index contributed by atoms with van der Waals surface area (Å²) in [5.41, 5.74) is 0.0202. The van der Waals surface area contributed by atoms with Crippen LogP contribution in [0.3, 0.4) is 0 Å². The van der Waals surface area contributed by atoms with Crippen molar-refractivity contribution >= 4 is 0 Å². The summed E-state index contributed by atoms with van der Waals surface area (Å²) in [5.74, 6) is 2.44. The Bertz CT molecular complexity index is 132. The van der Waals surface area contributed by atoms with Gasteiger partial charge in [0.1, 0.15) is 6.61 Å². The van der Waals surface area contributed by atoms with Gasteiger partial charge in [0, 0.05) is 13.1 Å². The topological polar surface area (TPSA) is 21.3 Å². The maximum atomic E-state index is 5.32. The van der Waals surface area contributed by atoms with E-state index in [9.17, 15) is 0 Å². The van der Waals surface area contributed by atoms with Gasteiger partial charge >= 0.3 is 0 Å². The predicted molar refractivity (Wildman–Crippen MR) is 36.1 cm³/mol. The highest BCUT2D eigenvalue weighted by Crippen LogP contribution is 2.13. The second-order valence-corrected chi connectivity index (χ2v) is 2.55. The van der Waals surface area contributed by atoms with Crippen LogP contribution in [0.15, 0.2) is 0 Å². The number of hydrogen-bond donors (Lipinski definition) is 1. The van der Waals surface area contributed by atoms with E-state index in [1.165, 1.54) is 0 Å². The summed E-state index contributed by atoms with van der Waals surface area (Å²) < 4.78 is 5.32. The highest BCUT2D eigenvalue weighted by Gasteiger charge is 2.31. The average Bonchev–Trinajstić information content (AvgIpc) is 1.79. The summed E-state index contributed by atoms with van der Waals surface area (Å²) >= 11 is 0. The van der Waals surface area contributed by atoms with Gasteiger partial charge < -0.3 is 10.1 Å². The van der Waals surface area contributed by atoms with E-state index in [1.807, 2.05) is 0 Å². The summed E-state index contributed by atoms with van der Waals surface area (Å²) in [6, 6.07) is 0. The third-order valence-electron chi connectivity index (χ3n) is 1.50. The van der Waals surface area contributed by atoms with Crippen LogP contribution < -0.4 is 5.32 Å². The van der Waals surface area contributed by atoms with Crippen LogP contribution in [0.5, 0.6) is 0 Å². The second-order valence-electron chi connectivity index (χ2n) is 2.55. The molecule has 0 spiro atoms. The van der Waals surface area contributed by atoms with E-state index >= 15 is 0 Å². The lowest BCUT2D eigenvalue weighted by Crippen LogP contribution is -2.59. The van der Waals surface area contributed by atoms with Gasteiger partial charge in [-0.2, -0.15) is 0 Å². The van der Waals surface area contributed by atoms with Crippen LogP contribution in [-0.4, -0.2) is 25.3 Å². The van der Waals surface area contributed by atoms with Gasteiger partial charge in [0.15, 0.2) is 0 Å². The molecule has 0 atom stereocenters. The second kappa shape index (κ2) is 2.38. The zero-order valence-electron chi connectivity index (χ0n) is 5.61. The summed E-state index contributed by atoms with van der Waals surface area (Å²) in [5, 5.41) is 3.12. The number of ether oxygens (including phenoxy) is 1. The van der Waals surface area contributed by atoms with E-state index in [0.717, 1.165) is 13.1 Å². The van der Waals surface area contributed by atoms with E-state index < -0.39 is 0 Å². The van der Waals surface area contributed by atoms with Crippen LogP contribution in [-0.2, 0) is 4.74 Å². The molecule has 0 bridgehead atoms. The van der Waals surface area contributed by atoms with Crippen molar-refractivity contribution in [3.05, 3.63) is 0 Å². The van der Waals surface area contributed by atoms with Gasteiger partial charge in [0.05, 0.1) is 5.60 Å². The molecule has 1 heterocycles. The highest BCUT2D eigenvalue weighted by atomic mass is 16.5. The fourth-order valence-electron chi connectivity index (χ4n) is 0.795. The van der Waals surface area contributed by atoms with Crippen LogP contribution in [0.2, 0.25) is 0 Å². The maximum Gasteiger partial charge on any atom is 0.108 e. The van der Waals surface area contributed by atoms with Crippen LogP contribution in [0, 0.1) is 12.3 Å². The fraction of sp³-hybridized carbons (Fsp3) is 0.714. The van der Waals surface area contributed by atoms with Gasteiger partial charge in [0.2, 0.25) is 0 Å². The van der Waals surface area contributed by atoms with Gasteiger partial charge in [-0.1, -0.05) is 5.92 Å². The van der Waals surface area contributed by atoms with Crippen molar-refractivity contribution in [3.8, 4) is 12.3 Å². The fourth-order valence-corrected chi connectivity index (χ4v) is 0.795. The minimum absolute atomic E-state index is 0.0202. The van der Waals surface area contributed by atoms with Gasteiger partial charge in [-0.25, -0.2) is 0 Å². The van der Waals surface area contributed by atoms with Crippen molar-refractivity contribution in [3.63, 3.8) is 0 Å². The molecule has 9 heavy (non-hydrogen) atoms. The van der Waals surface area contributed by atoms with E-state index in [4.69, 9.17) is 11.2 Å². The minimum atomic E-state index is 0.0202. The van der Waals surface area contributed by atoms with Gasteiger partial charge in [-0.3, -0.25) is 0 Å². The molecule has 1 aliphatic rings. The van der Waals surface area contributed by atoms with Gasteiger partial charge in [-0.05, 0) is 6.92 Å². The first-order valence-electron chi connectivity index (χ1n) is 3.05. The minimum Gasteiger partial charge on any atom is -0.360 e. The molecule has 2 nitrogen and oxygen atoms in total. The van der Waals surface area contributed by atoms with E-state index in [1.54, 1.807) is 0 Å². The van der Waals surface area contributed by atoms with Crippen molar-refractivity contribution in [2.24, 2.45) is 0 Å². The van der Waals surface area contributed by atoms with Crippen molar-refractivity contribution in [1.82, 2.24) is 5.32 Å². The SMILES string of the molecule is C#CCOC1(C)CNC1. The van der Waals surface area contributed by atoms with Crippen LogP contribution >= 0.6 is 0 Å². The van der Waals surface area contributed by atoms with Gasteiger partial charge in [0.25, 0.3) is 0 Å². The summed E-state index contributed by atoms with van der Waals surface area (Å²) in [6.07, 6.45) is 5.02. The Balaban J connectivity index is 2.19. The quantitative estimate of drug-likeness (QED) is 0.524. The van der Waals surface area contributed by atoms with Crippen molar-refractivity contribution < 1.29 is 4.74 Å². The number of nitrogens with one attached hydrogen (secondary N) is 1. The molecule has 1 rings (SSSR count). The molecule has 1 fully saturated rings. The molecule has 2 heteroatoms. The standard InChI is InChI=1S/C7H11NO/c1-3-4-9-7(2)5-8-6-7/h1,8H,4-6H2,2H3. The number of terminal acetylenes is 1. The third kappa shape index (κ3) is 1.44. The molecule has 1 aliphatic heterocycles. The zero-order valence-corrected chi connectivity index (χ0v) is 5.61. The lowest BCUT2D eigenvalue weighted by atomic mass is 10.0. The van der Waals surface area contributed by atoms with Crippen LogP contribution in [0.4, 0.5) is 0 Å². The van der Waals surface area contributed by atoms with E-state index in [0.29, 0.717) is 6.61 Å². The largest absolute Gasteiger partial charge is 0.360 e. The Hall–Kier alpha value is -0.520. The molecule has 0 amide bonds. The third-order valence-corrected chi connectivity index (χ3v) is 1.50. The summed E-state index contributed by atoms with van der Waals surface area (Å²) in [4.78, 5) is 0. The molecule has 0 saturated carbocycles. The normalized spacial score (nSPS) is 22.2. The Labute approximate surface area is 55.6 Å². The molecule has 0 radical (unpaired) electrons. The molecular formula is C7H11NO. The molecule has 1 N–H and O–H groups in total. The summed E-state index contributed by atoms with van der Waals surface area (Å²) in [7, 11) is 0. The monoisotopic (exact) mass is 125 g/mol. The first-order valence-corrected chi connectivity index (χ1v) is 3.05. The molecule has 0 unspecified atom stereocenters. The smallest absolute Gasteiger partial charge is 0.108 e. The first-order chi connectivity index (χ1) is 4.27. The maximum absolute atomic E-state index is 5.32. The molecule has 0 aromatic rings. The Kier molecular flexibility index (Phi) is 1.75. The molecule has 50 valence electrons. The lowest BCUT2D eigenvalue weighted by molar-refractivity contribution is -0.0511. The van der Waals surface area contributed by atoms with Crippen LogP contribution in [0.25, 0.3) is 0 Å². The van der Waals surface area contributed by atoms with Crippen LogP contribution in [0.1, 0.15) is 6.92 Å². The summed E-state index contributed by atoms with van der Waals surface area (Å²) in [6.45, 7) is 4.34. The van der Waals surface area contributed by atoms with Crippen molar-refractivity contribution in [2.45, 2.75) is 12.5 Å². The molecular weight excluding hydrogens is 114 g/mol. The molecule has 0 aromatic heterocycles. The van der Waals surface area contributed by atoms with Gasteiger partial charge in [-0.15, -0.1) is 6.42 Å². The zero-order chi connectivity index (χ0) is 6.74. The van der Waals surface area contributed by atoms with E-state index in [2.05, 4.69) is 18.2 Å². The molecule has 0 aliphatic carbocycles. The molecule has 1 saturated heterocycles. The number of hydrogen-bond acceptors (Lipinski definition) is 2. The number of rotatable bonds is 2. The first kappa shape index (κ1) is 6.60. The molecule has 0 aromatic carbocycles. The Morgan fingerprint density at radius 3 is 2.78 bits per heavy atom. The van der Waals surface area contributed by atoms with E-state index in [-0.39, 0.29) is 5.60 Å². The lowest BCUT2D eigenvalue weighted by Gasteiger charge is -2.38. The Morgan fingerprint density at radius 1 is 1.78 bits per heavy atom.